The summed E-state index contributed by atoms with van der Waals surface area (Å²) in [6.45, 7) is 0. The van der Waals surface area contributed by atoms with Crippen LogP contribution in [0.5, 0.6) is 5.75 Å². The van der Waals surface area contributed by atoms with Crippen molar-refractivity contribution in [2.75, 3.05) is 0 Å². The average molecular weight is 244 g/mol. The molecule has 1 saturated carbocycles. The van der Waals surface area contributed by atoms with E-state index < -0.39 is 7.32 Å². The molecule has 1 aliphatic carbocycles. The molecule has 0 aliphatic heterocycles. The summed E-state index contributed by atoms with van der Waals surface area (Å²) in [4.78, 5) is 7.66. The summed E-state index contributed by atoms with van der Waals surface area (Å²) < 4.78 is 4.74. The molecule has 1 fully saturated rings. The van der Waals surface area contributed by atoms with Gasteiger partial charge in [0, 0.05) is 5.92 Å². The molecule has 92 valence electrons. The lowest BCUT2D eigenvalue weighted by molar-refractivity contribution is 0.288. The Balaban J connectivity index is 1.78. The number of hydrogen-bond donors (Lipinski definition) is 3. The fraction of sp³-hybridized carbons (Fsp3) is 0.250. The third kappa shape index (κ3) is 2.39. The number of benzene rings is 1. The van der Waals surface area contributed by atoms with Crippen molar-refractivity contribution < 1.29 is 14.7 Å². The number of imidazole rings is 1. The second-order valence-corrected chi connectivity index (χ2v) is 4.42. The van der Waals surface area contributed by atoms with Crippen LogP contribution in [0.1, 0.15) is 24.6 Å². The number of rotatable bonds is 4. The Morgan fingerprint density at radius 1 is 1.22 bits per heavy atom. The summed E-state index contributed by atoms with van der Waals surface area (Å²) in [5.74, 6) is 2.07. The van der Waals surface area contributed by atoms with E-state index in [4.69, 9.17) is 14.7 Å². The molecule has 0 radical (unpaired) electrons. The lowest BCUT2D eigenvalue weighted by Crippen LogP contribution is -2.20. The summed E-state index contributed by atoms with van der Waals surface area (Å²) in [5.41, 5.74) is 1.96. The third-order valence-electron chi connectivity index (χ3n) is 2.97. The molecule has 1 aliphatic rings. The average Bonchev–Trinajstić information content (AvgIpc) is 3.08. The quantitative estimate of drug-likeness (QED) is 0.708. The van der Waals surface area contributed by atoms with E-state index in [1.165, 1.54) is 12.8 Å². The molecule has 0 spiro atoms. The molecule has 6 heteroatoms. The maximum absolute atomic E-state index is 8.68. The minimum absolute atomic E-state index is 0.413. The normalized spacial score (nSPS) is 14.6. The first kappa shape index (κ1) is 11.3. The first-order valence-corrected chi connectivity index (χ1v) is 5.90. The lowest BCUT2D eigenvalue weighted by atomic mass is 10.1. The van der Waals surface area contributed by atoms with Gasteiger partial charge in [-0.05, 0) is 42.7 Å². The van der Waals surface area contributed by atoms with Gasteiger partial charge in [0.2, 0.25) is 0 Å². The summed E-state index contributed by atoms with van der Waals surface area (Å²) in [6.07, 6.45) is 4.26. The van der Waals surface area contributed by atoms with Gasteiger partial charge in [-0.3, -0.25) is 0 Å². The molecule has 3 rings (SSSR count). The van der Waals surface area contributed by atoms with Gasteiger partial charge >= 0.3 is 7.32 Å². The van der Waals surface area contributed by atoms with E-state index >= 15 is 0 Å². The maximum atomic E-state index is 8.68. The van der Waals surface area contributed by atoms with Crippen LogP contribution in [0.3, 0.4) is 0 Å². The number of aromatic nitrogens is 2. The molecule has 5 nitrogen and oxygen atoms in total. The highest BCUT2D eigenvalue weighted by Crippen LogP contribution is 2.38. The number of H-pyrrole nitrogens is 1. The molecule has 1 aromatic carbocycles. The van der Waals surface area contributed by atoms with Gasteiger partial charge in [0.25, 0.3) is 0 Å². The van der Waals surface area contributed by atoms with Crippen molar-refractivity contribution in [3.8, 4) is 17.0 Å². The Hall–Kier alpha value is -1.79. The standard InChI is InChI=1S/C12H13BN2O3/c16-13(17)18-10-5-3-8(4-6-10)11-7-14-12(15-11)9-1-2-9/h3-7,9,16-17H,1-2H2,(H,14,15). The second-order valence-electron chi connectivity index (χ2n) is 4.42. The minimum Gasteiger partial charge on any atom is -0.512 e. The predicted octanol–water partition coefficient (Wildman–Crippen LogP) is 1.30. The van der Waals surface area contributed by atoms with Crippen LogP contribution < -0.4 is 4.65 Å². The molecule has 18 heavy (non-hydrogen) atoms. The van der Waals surface area contributed by atoms with E-state index in [-0.39, 0.29) is 0 Å². The van der Waals surface area contributed by atoms with E-state index in [1.807, 2.05) is 18.3 Å². The zero-order valence-electron chi connectivity index (χ0n) is 9.71. The Morgan fingerprint density at radius 2 is 1.94 bits per heavy atom. The van der Waals surface area contributed by atoms with Crippen LogP contribution >= 0.6 is 0 Å². The fourth-order valence-electron chi connectivity index (χ4n) is 1.88. The van der Waals surface area contributed by atoms with E-state index in [9.17, 15) is 0 Å². The van der Waals surface area contributed by atoms with Gasteiger partial charge in [-0.25, -0.2) is 4.98 Å². The van der Waals surface area contributed by atoms with Crippen molar-refractivity contribution in [2.24, 2.45) is 0 Å². The van der Waals surface area contributed by atoms with E-state index in [0.717, 1.165) is 17.1 Å². The van der Waals surface area contributed by atoms with E-state index in [2.05, 4.69) is 9.97 Å². The smallest absolute Gasteiger partial charge is 0.512 e. The molecule has 0 saturated heterocycles. The number of hydrogen-bond acceptors (Lipinski definition) is 4. The SMILES string of the molecule is OB(O)Oc1ccc(-c2cnc(C3CC3)[nH]2)cc1. The molecule has 1 heterocycles. The zero-order valence-corrected chi connectivity index (χ0v) is 9.71. The van der Waals surface area contributed by atoms with Crippen LogP contribution in [-0.2, 0) is 0 Å². The first-order valence-electron chi connectivity index (χ1n) is 5.90. The van der Waals surface area contributed by atoms with Crippen LogP contribution in [-0.4, -0.2) is 27.3 Å². The van der Waals surface area contributed by atoms with E-state index in [1.54, 1.807) is 12.1 Å². The van der Waals surface area contributed by atoms with Gasteiger partial charge in [-0.1, -0.05) is 0 Å². The van der Waals surface area contributed by atoms with Gasteiger partial charge in [-0.2, -0.15) is 0 Å². The van der Waals surface area contributed by atoms with Crippen LogP contribution in [0.4, 0.5) is 0 Å². The van der Waals surface area contributed by atoms with Crippen molar-refractivity contribution in [1.82, 2.24) is 9.97 Å². The molecule has 1 aromatic heterocycles. The van der Waals surface area contributed by atoms with Gasteiger partial charge in [0.15, 0.2) is 0 Å². The molecule has 2 aromatic rings. The van der Waals surface area contributed by atoms with Crippen LogP contribution in [0.25, 0.3) is 11.3 Å². The van der Waals surface area contributed by atoms with Crippen LogP contribution in [0.2, 0.25) is 0 Å². The summed E-state index contributed by atoms with van der Waals surface area (Å²) in [5, 5.41) is 17.4. The fourth-order valence-corrected chi connectivity index (χ4v) is 1.88. The zero-order chi connectivity index (χ0) is 12.5. The molecule has 0 amide bonds. The summed E-state index contributed by atoms with van der Waals surface area (Å²) >= 11 is 0. The van der Waals surface area contributed by atoms with Gasteiger partial charge in [-0.15, -0.1) is 0 Å². The molecule has 3 N–H and O–H groups in total. The Bertz CT molecular complexity index is 535. The highest BCUT2D eigenvalue weighted by atomic mass is 16.6. The minimum atomic E-state index is -1.79. The van der Waals surface area contributed by atoms with Crippen LogP contribution in [0.15, 0.2) is 30.5 Å². The van der Waals surface area contributed by atoms with Crippen molar-refractivity contribution in [3.05, 3.63) is 36.3 Å². The highest BCUT2D eigenvalue weighted by Gasteiger charge is 2.26. The number of nitrogens with one attached hydrogen (secondary N) is 1. The second kappa shape index (κ2) is 4.47. The monoisotopic (exact) mass is 244 g/mol. The molecule has 0 unspecified atom stereocenters. The van der Waals surface area contributed by atoms with Gasteiger partial charge in [0.1, 0.15) is 11.6 Å². The topological polar surface area (TPSA) is 78.4 Å². The third-order valence-corrected chi connectivity index (χ3v) is 2.97. The Kier molecular flexibility index (Phi) is 2.81. The van der Waals surface area contributed by atoms with Crippen LogP contribution in [0, 0.1) is 0 Å². The van der Waals surface area contributed by atoms with Crippen molar-refractivity contribution in [2.45, 2.75) is 18.8 Å². The predicted molar refractivity (Wildman–Crippen MR) is 66.8 cm³/mol. The maximum Gasteiger partial charge on any atom is 0.707 e. The highest BCUT2D eigenvalue weighted by molar-refractivity contribution is 6.33. The number of nitrogens with zero attached hydrogens (tertiary/aromatic N) is 1. The first-order chi connectivity index (χ1) is 8.72. The molecular weight excluding hydrogens is 231 g/mol. The molecule has 0 bridgehead atoms. The Labute approximate surface area is 105 Å². The van der Waals surface area contributed by atoms with Gasteiger partial charge in [0.05, 0.1) is 11.9 Å². The van der Waals surface area contributed by atoms with Crippen molar-refractivity contribution in [3.63, 3.8) is 0 Å². The lowest BCUT2D eigenvalue weighted by Gasteiger charge is -2.04. The summed E-state index contributed by atoms with van der Waals surface area (Å²) in [6, 6.07) is 7.07. The molecular formula is C12H13BN2O3. The summed E-state index contributed by atoms with van der Waals surface area (Å²) in [7, 11) is -1.79. The largest absolute Gasteiger partial charge is 0.707 e. The number of aromatic amines is 1. The Morgan fingerprint density at radius 3 is 2.56 bits per heavy atom. The molecule has 0 atom stereocenters. The van der Waals surface area contributed by atoms with Gasteiger partial charge < -0.3 is 19.7 Å². The van der Waals surface area contributed by atoms with Crippen molar-refractivity contribution >= 4 is 7.32 Å². The van der Waals surface area contributed by atoms with E-state index in [0.29, 0.717) is 11.7 Å². The van der Waals surface area contributed by atoms with Crippen molar-refractivity contribution in [1.29, 1.82) is 0 Å².